The summed E-state index contributed by atoms with van der Waals surface area (Å²) >= 11 is 0. The Morgan fingerprint density at radius 2 is 2.07 bits per heavy atom. The molecule has 148 valence electrons. The molecule has 6 heteroatoms. The van der Waals surface area contributed by atoms with Gasteiger partial charge in [0.05, 0.1) is 22.4 Å². The summed E-state index contributed by atoms with van der Waals surface area (Å²) in [5.74, 6) is 1.52. The van der Waals surface area contributed by atoms with Crippen molar-refractivity contribution in [2.75, 3.05) is 24.5 Å². The van der Waals surface area contributed by atoms with E-state index in [1.165, 1.54) is 11.3 Å². The lowest BCUT2D eigenvalue weighted by molar-refractivity contribution is 0.0782. The largest absolute Gasteiger partial charge is 0.466 e. The van der Waals surface area contributed by atoms with Gasteiger partial charge in [-0.25, -0.2) is 0 Å². The Morgan fingerprint density at radius 3 is 2.83 bits per heavy atom. The van der Waals surface area contributed by atoms with E-state index in [9.17, 15) is 4.79 Å². The summed E-state index contributed by atoms with van der Waals surface area (Å²) in [6, 6.07) is 10.0. The molecule has 0 aliphatic carbocycles. The summed E-state index contributed by atoms with van der Waals surface area (Å²) < 4.78 is 5.58. The first-order valence-corrected chi connectivity index (χ1v) is 10.0. The molecule has 1 fully saturated rings. The zero-order valence-corrected chi connectivity index (χ0v) is 16.8. The van der Waals surface area contributed by atoms with Gasteiger partial charge >= 0.3 is 0 Å². The monoisotopic (exact) mass is 388 g/mol. The van der Waals surface area contributed by atoms with Gasteiger partial charge < -0.3 is 14.2 Å². The van der Waals surface area contributed by atoms with Crippen LogP contribution in [0.5, 0.6) is 0 Å². The Hall–Kier alpha value is -3.15. The van der Waals surface area contributed by atoms with E-state index in [-0.39, 0.29) is 11.3 Å². The molecule has 0 N–H and O–H groups in total. The van der Waals surface area contributed by atoms with E-state index in [4.69, 9.17) is 9.40 Å². The molecule has 3 aromatic rings. The van der Waals surface area contributed by atoms with Crippen molar-refractivity contribution in [3.05, 3.63) is 77.3 Å². The number of rotatable bonds is 3. The average Bonchev–Trinajstić information content (AvgIpc) is 3.39. The van der Waals surface area contributed by atoms with Gasteiger partial charge in [-0.3, -0.25) is 14.8 Å². The quantitative estimate of drug-likeness (QED) is 0.687. The Labute approximate surface area is 170 Å². The SMILES string of the molecule is Cc1cc(C(=O)N2CC[C@]3(C2)CN(Cc2cccnc2)c2cccnc23)c(C)o1. The number of fused-ring (bicyclic) bond motifs is 2. The normalized spacial score (nSPS) is 20.5. The molecule has 6 nitrogen and oxygen atoms in total. The number of carbonyl (C=O) groups excluding carboxylic acids is 1. The zero-order chi connectivity index (χ0) is 20.0. The molecular weight excluding hydrogens is 364 g/mol. The van der Waals surface area contributed by atoms with Crippen molar-refractivity contribution in [2.24, 2.45) is 0 Å². The molecule has 2 aliphatic heterocycles. The van der Waals surface area contributed by atoms with E-state index in [0.717, 1.165) is 37.5 Å². The minimum absolute atomic E-state index is 0.0550. The number of likely N-dealkylation sites (tertiary alicyclic amines) is 1. The van der Waals surface area contributed by atoms with Crippen LogP contribution in [0.25, 0.3) is 0 Å². The molecule has 1 amide bonds. The predicted molar refractivity (Wildman–Crippen MR) is 110 cm³/mol. The molecule has 1 saturated heterocycles. The van der Waals surface area contributed by atoms with Crippen molar-refractivity contribution >= 4 is 11.6 Å². The van der Waals surface area contributed by atoms with Gasteiger partial charge in [-0.15, -0.1) is 0 Å². The molecule has 1 atom stereocenters. The molecule has 1 spiro atoms. The second kappa shape index (κ2) is 6.72. The summed E-state index contributed by atoms with van der Waals surface area (Å²) in [5, 5.41) is 0. The van der Waals surface area contributed by atoms with E-state index in [1.54, 1.807) is 6.20 Å². The van der Waals surface area contributed by atoms with Crippen LogP contribution in [0.4, 0.5) is 5.69 Å². The topological polar surface area (TPSA) is 62.5 Å². The number of aryl methyl sites for hydroxylation is 2. The van der Waals surface area contributed by atoms with Crippen molar-refractivity contribution in [3.8, 4) is 0 Å². The van der Waals surface area contributed by atoms with Gasteiger partial charge in [0, 0.05) is 44.8 Å². The predicted octanol–water partition coefficient (Wildman–Crippen LogP) is 3.49. The Morgan fingerprint density at radius 1 is 1.21 bits per heavy atom. The highest BCUT2D eigenvalue weighted by molar-refractivity contribution is 5.95. The van der Waals surface area contributed by atoms with E-state index < -0.39 is 0 Å². The van der Waals surface area contributed by atoms with Crippen LogP contribution in [0, 0.1) is 13.8 Å². The van der Waals surface area contributed by atoms with Crippen LogP contribution in [-0.2, 0) is 12.0 Å². The maximum absolute atomic E-state index is 13.1. The summed E-state index contributed by atoms with van der Waals surface area (Å²) in [6.45, 7) is 6.81. The lowest BCUT2D eigenvalue weighted by atomic mass is 9.85. The fourth-order valence-electron chi connectivity index (χ4n) is 4.82. The van der Waals surface area contributed by atoms with Crippen LogP contribution in [0.1, 0.15) is 39.6 Å². The van der Waals surface area contributed by atoms with Gasteiger partial charge in [0.2, 0.25) is 0 Å². The van der Waals surface area contributed by atoms with Gasteiger partial charge in [0.1, 0.15) is 11.5 Å². The fourth-order valence-corrected chi connectivity index (χ4v) is 4.82. The van der Waals surface area contributed by atoms with Crippen molar-refractivity contribution in [2.45, 2.75) is 32.2 Å². The van der Waals surface area contributed by atoms with E-state index in [2.05, 4.69) is 22.0 Å². The molecular formula is C23H24N4O2. The van der Waals surface area contributed by atoms with Gasteiger partial charge in [-0.2, -0.15) is 0 Å². The lowest BCUT2D eigenvalue weighted by Crippen LogP contribution is -2.38. The molecule has 0 bridgehead atoms. The van der Waals surface area contributed by atoms with Crippen LogP contribution in [-0.4, -0.2) is 40.4 Å². The molecule has 0 radical (unpaired) electrons. The molecule has 0 saturated carbocycles. The molecule has 2 aliphatic rings. The summed E-state index contributed by atoms with van der Waals surface area (Å²) in [6.07, 6.45) is 6.49. The van der Waals surface area contributed by atoms with E-state index >= 15 is 0 Å². The number of carbonyl (C=O) groups is 1. The second-order valence-electron chi connectivity index (χ2n) is 8.17. The van der Waals surface area contributed by atoms with Crippen LogP contribution in [0.3, 0.4) is 0 Å². The number of amides is 1. The Balaban J connectivity index is 1.42. The van der Waals surface area contributed by atoms with E-state index in [1.807, 2.05) is 49.3 Å². The number of nitrogens with zero attached hydrogens (tertiary/aromatic N) is 4. The van der Waals surface area contributed by atoms with Crippen LogP contribution < -0.4 is 4.90 Å². The Kier molecular flexibility index (Phi) is 4.15. The number of pyridine rings is 2. The van der Waals surface area contributed by atoms with E-state index in [0.29, 0.717) is 17.9 Å². The maximum Gasteiger partial charge on any atom is 0.257 e. The highest BCUT2D eigenvalue weighted by Gasteiger charge is 2.49. The molecule has 0 aromatic carbocycles. The van der Waals surface area contributed by atoms with Crippen LogP contribution in [0.15, 0.2) is 53.3 Å². The van der Waals surface area contributed by atoms with Gasteiger partial charge in [0.15, 0.2) is 0 Å². The van der Waals surface area contributed by atoms with Gasteiger partial charge in [-0.05, 0) is 50.1 Å². The second-order valence-corrected chi connectivity index (χ2v) is 8.17. The third-order valence-electron chi connectivity index (χ3n) is 6.13. The van der Waals surface area contributed by atoms with Gasteiger partial charge in [-0.1, -0.05) is 6.07 Å². The third-order valence-corrected chi connectivity index (χ3v) is 6.13. The summed E-state index contributed by atoms with van der Waals surface area (Å²) in [7, 11) is 0. The number of hydrogen-bond donors (Lipinski definition) is 0. The first kappa shape index (κ1) is 17.9. The van der Waals surface area contributed by atoms with Crippen molar-refractivity contribution in [3.63, 3.8) is 0 Å². The van der Waals surface area contributed by atoms with Crippen LogP contribution in [0.2, 0.25) is 0 Å². The fraction of sp³-hybridized carbons (Fsp3) is 0.348. The minimum Gasteiger partial charge on any atom is -0.466 e. The Bertz CT molecular complexity index is 1060. The number of hydrogen-bond acceptors (Lipinski definition) is 5. The molecule has 3 aromatic heterocycles. The standard InChI is InChI=1S/C23H24N4O2/c1-16-11-19(17(2)29-16)22(28)26-10-7-23(14-26)15-27(13-18-5-3-8-24-12-18)20-6-4-9-25-21(20)23/h3-6,8-9,11-12H,7,10,13-15H2,1-2H3/t23-/m0/s1. The third kappa shape index (κ3) is 2.99. The van der Waals surface area contributed by atoms with Crippen molar-refractivity contribution < 1.29 is 9.21 Å². The molecule has 5 heterocycles. The number of anilines is 1. The summed E-state index contributed by atoms with van der Waals surface area (Å²) in [4.78, 5) is 26.5. The first-order chi connectivity index (χ1) is 14.1. The first-order valence-electron chi connectivity index (χ1n) is 10.0. The smallest absolute Gasteiger partial charge is 0.257 e. The highest BCUT2D eigenvalue weighted by Crippen LogP contribution is 2.45. The molecule has 0 unspecified atom stereocenters. The number of aromatic nitrogens is 2. The highest BCUT2D eigenvalue weighted by atomic mass is 16.3. The minimum atomic E-state index is -0.124. The van der Waals surface area contributed by atoms with Crippen LogP contribution >= 0.6 is 0 Å². The van der Waals surface area contributed by atoms with Crippen molar-refractivity contribution in [1.82, 2.24) is 14.9 Å². The molecule has 29 heavy (non-hydrogen) atoms. The lowest BCUT2D eigenvalue weighted by Gasteiger charge is -2.25. The van der Waals surface area contributed by atoms with Crippen molar-refractivity contribution in [1.29, 1.82) is 0 Å². The maximum atomic E-state index is 13.1. The average molecular weight is 388 g/mol. The summed E-state index contributed by atoms with van der Waals surface area (Å²) in [5.41, 5.74) is 4.00. The molecule has 5 rings (SSSR count). The van der Waals surface area contributed by atoms with Gasteiger partial charge in [0.25, 0.3) is 5.91 Å². The number of furan rings is 1. The zero-order valence-electron chi connectivity index (χ0n) is 16.8.